The first kappa shape index (κ1) is 32.0. The number of phenolic OH excluding ortho intramolecular Hbond substituents is 1. The fraction of sp³-hybridized carbons (Fsp3) is 0.405. The van der Waals surface area contributed by atoms with Gasteiger partial charge in [0.15, 0.2) is 0 Å². The summed E-state index contributed by atoms with van der Waals surface area (Å²) >= 11 is 0. The highest BCUT2D eigenvalue weighted by Crippen LogP contribution is 2.39. The Kier molecular flexibility index (Phi) is 10.6. The lowest BCUT2D eigenvalue weighted by Crippen LogP contribution is -2.34. The van der Waals surface area contributed by atoms with Crippen LogP contribution in [0.1, 0.15) is 80.1 Å². The number of aromatic nitrogens is 2. The van der Waals surface area contributed by atoms with Gasteiger partial charge in [0.05, 0.1) is 0 Å². The third-order valence-corrected chi connectivity index (χ3v) is 9.16. The molecule has 0 aliphatic heterocycles. The summed E-state index contributed by atoms with van der Waals surface area (Å²) in [5, 5.41) is 15.7. The van der Waals surface area contributed by atoms with Crippen molar-refractivity contribution >= 4 is 34.2 Å². The third-order valence-electron chi connectivity index (χ3n) is 9.16. The average molecular weight is 615 g/mol. The summed E-state index contributed by atoms with van der Waals surface area (Å²) in [6.45, 7) is 6.14. The molecule has 7 rings (SSSR count). The van der Waals surface area contributed by atoms with Crippen molar-refractivity contribution in [2.75, 3.05) is 6.54 Å². The molecule has 2 aliphatic carbocycles. The van der Waals surface area contributed by atoms with Crippen molar-refractivity contribution in [3.05, 3.63) is 94.8 Å². The molecule has 0 spiro atoms. The van der Waals surface area contributed by atoms with Gasteiger partial charge >= 0.3 is 0 Å². The Bertz CT molecular complexity index is 1660. The number of nitrogens with two attached hydrogens (primary N) is 1. The van der Waals surface area contributed by atoms with Crippen LogP contribution in [0.2, 0.25) is 0 Å². The van der Waals surface area contributed by atoms with Crippen LogP contribution in [0, 0.1) is 5.92 Å². The molecule has 0 saturated heterocycles. The number of hydrogen-bond donors (Lipinski definition) is 5. The quantitative estimate of drug-likeness (QED) is 0.121. The largest absolute Gasteiger partial charge is 0.508 e. The number of phenols is 1. The van der Waals surface area contributed by atoms with Crippen LogP contribution in [0.15, 0.2) is 66.7 Å². The molecule has 0 fully saturated rings. The summed E-state index contributed by atoms with van der Waals surface area (Å²) in [5.74, 6) is 1.97. The van der Waals surface area contributed by atoms with E-state index in [1.54, 1.807) is 6.07 Å². The fourth-order valence-corrected chi connectivity index (χ4v) is 7.02. The number of hydrogen-bond acceptors (Lipinski definition) is 4. The van der Waals surface area contributed by atoms with Gasteiger partial charge in [-0.3, -0.25) is 0 Å². The standard InChI is InChI=1S/C22H26N2O.C15H20N2O.ClH/c1-2-6-16-11-19-18-13-17(25-14-15-7-4-3-5-8-15)9-10-21(18)24-22(19)20(23)12-16;1-2-7-16-10-3-5-14-12(8-10)13-9-11(18)4-6-15(13)17-14;/h3-5,7-10,13,16,20,24H,2,6,11-12,14,23H2,1H3;4,6,9-10,16-18H,2-3,5,7-8H2,1H3;1H. The first-order valence-corrected chi connectivity index (χ1v) is 16.1. The van der Waals surface area contributed by atoms with E-state index >= 15 is 0 Å². The van der Waals surface area contributed by atoms with Crippen molar-refractivity contribution in [1.29, 1.82) is 0 Å². The zero-order valence-corrected chi connectivity index (χ0v) is 26.8. The van der Waals surface area contributed by atoms with Crippen LogP contribution in [-0.4, -0.2) is 27.7 Å². The minimum absolute atomic E-state index is 0. The zero-order valence-electron chi connectivity index (χ0n) is 26.0. The SMILES string of the molecule is CCCC1Cc2c([nH]c3ccc(OCc4ccccc4)cc23)C(N)C1.CCCNC1CCc2[nH]c3ccc(O)cc3c2C1.Cl. The van der Waals surface area contributed by atoms with Gasteiger partial charge in [0, 0.05) is 45.3 Å². The molecule has 2 aromatic heterocycles. The number of rotatable bonds is 8. The normalized spacial score (nSPS) is 19.0. The Hall–Kier alpha value is -3.45. The summed E-state index contributed by atoms with van der Waals surface area (Å²) in [6.07, 6.45) is 9.24. The van der Waals surface area contributed by atoms with E-state index in [-0.39, 0.29) is 18.4 Å². The number of fused-ring (bicyclic) bond motifs is 6. The second-order valence-corrected chi connectivity index (χ2v) is 12.4. The number of nitrogens with one attached hydrogen (secondary N) is 3. The number of halogens is 1. The molecule has 2 aliphatic rings. The second-order valence-electron chi connectivity index (χ2n) is 12.4. The van der Waals surface area contributed by atoms with Crippen LogP contribution in [-0.2, 0) is 25.9 Å². The number of benzene rings is 3. The zero-order chi connectivity index (χ0) is 29.8. The van der Waals surface area contributed by atoms with Gasteiger partial charge in [-0.25, -0.2) is 0 Å². The van der Waals surface area contributed by atoms with Crippen molar-refractivity contribution in [2.45, 2.75) is 83.9 Å². The maximum atomic E-state index is 9.63. The van der Waals surface area contributed by atoms with E-state index in [0.717, 1.165) is 43.5 Å². The molecule has 0 bridgehead atoms. The van der Waals surface area contributed by atoms with Gasteiger partial charge in [0.25, 0.3) is 0 Å². The topological polar surface area (TPSA) is 99.1 Å². The van der Waals surface area contributed by atoms with Gasteiger partial charge in [-0.05, 0) is 104 Å². The van der Waals surface area contributed by atoms with Crippen LogP contribution < -0.4 is 15.8 Å². The molecule has 2 heterocycles. The summed E-state index contributed by atoms with van der Waals surface area (Å²) in [5.41, 5.74) is 15.3. The molecule has 3 unspecified atom stereocenters. The van der Waals surface area contributed by atoms with Gasteiger partial charge < -0.3 is 30.9 Å². The lowest BCUT2D eigenvalue weighted by atomic mass is 9.81. The van der Waals surface area contributed by atoms with Gasteiger partial charge in [-0.2, -0.15) is 0 Å². The first-order chi connectivity index (χ1) is 21.0. The number of aromatic hydroxyl groups is 1. The maximum Gasteiger partial charge on any atom is 0.120 e. The number of aryl methyl sites for hydroxylation is 1. The molecule has 44 heavy (non-hydrogen) atoms. The van der Waals surface area contributed by atoms with Gasteiger partial charge in [-0.15, -0.1) is 12.4 Å². The minimum Gasteiger partial charge on any atom is -0.508 e. The molecule has 0 radical (unpaired) electrons. The molecule has 3 aromatic carbocycles. The van der Waals surface area contributed by atoms with E-state index < -0.39 is 0 Å². The van der Waals surface area contributed by atoms with E-state index in [9.17, 15) is 5.11 Å². The maximum absolute atomic E-state index is 9.63. The van der Waals surface area contributed by atoms with Crippen LogP contribution in [0.25, 0.3) is 21.8 Å². The van der Waals surface area contributed by atoms with E-state index in [1.807, 2.05) is 36.4 Å². The van der Waals surface area contributed by atoms with Crippen molar-refractivity contribution in [3.8, 4) is 11.5 Å². The van der Waals surface area contributed by atoms with E-state index in [2.05, 4.69) is 53.4 Å². The van der Waals surface area contributed by atoms with Crippen molar-refractivity contribution < 1.29 is 9.84 Å². The third kappa shape index (κ3) is 7.09. The highest BCUT2D eigenvalue weighted by atomic mass is 35.5. The lowest BCUT2D eigenvalue weighted by Gasteiger charge is -2.27. The average Bonchev–Trinajstić information content (AvgIpc) is 3.58. The van der Waals surface area contributed by atoms with Crippen molar-refractivity contribution in [1.82, 2.24) is 15.3 Å². The lowest BCUT2D eigenvalue weighted by molar-refractivity contribution is 0.306. The highest BCUT2D eigenvalue weighted by Gasteiger charge is 2.27. The molecule has 5 aromatic rings. The smallest absolute Gasteiger partial charge is 0.120 e. The van der Waals surface area contributed by atoms with Crippen LogP contribution in [0.5, 0.6) is 11.5 Å². The Balaban J connectivity index is 0.000000179. The van der Waals surface area contributed by atoms with Gasteiger partial charge in [-0.1, -0.05) is 57.0 Å². The summed E-state index contributed by atoms with van der Waals surface area (Å²) in [4.78, 5) is 7.03. The molecular weight excluding hydrogens is 568 g/mol. The summed E-state index contributed by atoms with van der Waals surface area (Å²) in [7, 11) is 0. The highest BCUT2D eigenvalue weighted by molar-refractivity contribution is 5.87. The van der Waals surface area contributed by atoms with Gasteiger partial charge in [0.2, 0.25) is 0 Å². The Morgan fingerprint density at radius 3 is 2.48 bits per heavy atom. The molecule has 3 atom stereocenters. The predicted molar refractivity (Wildman–Crippen MR) is 184 cm³/mol. The number of H-pyrrole nitrogens is 2. The number of aromatic amines is 2. The molecule has 7 heteroatoms. The Morgan fingerprint density at radius 2 is 1.68 bits per heavy atom. The van der Waals surface area contributed by atoms with Crippen molar-refractivity contribution in [3.63, 3.8) is 0 Å². The molecule has 6 nitrogen and oxygen atoms in total. The predicted octanol–water partition coefficient (Wildman–Crippen LogP) is 8.26. The second kappa shape index (κ2) is 14.6. The minimum atomic E-state index is 0. The molecule has 6 N–H and O–H groups in total. The van der Waals surface area contributed by atoms with E-state index in [0.29, 0.717) is 24.3 Å². The summed E-state index contributed by atoms with van der Waals surface area (Å²) < 4.78 is 6.02. The van der Waals surface area contributed by atoms with Gasteiger partial charge in [0.1, 0.15) is 18.1 Å². The Labute approximate surface area is 267 Å². The van der Waals surface area contributed by atoms with Crippen molar-refractivity contribution in [2.24, 2.45) is 11.7 Å². The Morgan fingerprint density at radius 1 is 0.909 bits per heavy atom. The van der Waals surface area contributed by atoms with Crippen LogP contribution in [0.3, 0.4) is 0 Å². The number of ether oxygens (including phenoxy) is 1. The molecule has 0 amide bonds. The molecule has 0 saturated carbocycles. The van der Waals surface area contributed by atoms with E-state index in [1.165, 1.54) is 70.1 Å². The van der Waals surface area contributed by atoms with E-state index in [4.69, 9.17) is 10.5 Å². The summed E-state index contributed by atoms with van der Waals surface area (Å²) in [6, 6.07) is 22.9. The van der Waals surface area contributed by atoms with Crippen LogP contribution >= 0.6 is 12.4 Å². The molecule has 234 valence electrons. The monoisotopic (exact) mass is 614 g/mol. The van der Waals surface area contributed by atoms with Crippen LogP contribution in [0.4, 0.5) is 0 Å². The molecular formula is C37H47ClN4O2. The fourth-order valence-electron chi connectivity index (χ4n) is 7.02. The first-order valence-electron chi connectivity index (χ1n) is 16.1.